The van der Waals surface area contributed by atoms with Crippen LogP contribution in [0, 0.1) is 6.92 Å². The molecular weight excluding hydrogens is 236 g/mol. The molecule has 0 unspecified atom stereocenters. The molecule has 1 aliphatic carbocycles. The van der Waals surface area contributed by atoms with E-state index in [0.717, 1.165) is 17.0 Å². The number of pyridine rings is 1. The Bertz CT molecular complexity index is 605. The quantitative estimate of drug-likeness (QED) is 0.840. The highest BCUT2D eigenvalue weighted by Crippen LogP contribution is 2.35. The van der Waals surface area contributed by atoms with Crippen LogP contribution in [0.1, 0.15) is 25.0 Å². The van der Waals surface area contributed by atoms with E-state index in [1.807, 2.05) is 19.1 Å². The number of para-hydroxylation sites is 1. The molecule has 1 heterocycles. The molecule has 3 rings (SSSR count). The lowest BCUT2D eigenvalue weighted by atomic mass is 9.91. The van der Waals surface area contributed by atoms with Crippen LogP contribution in [0.4, 0.5) is 5.69 Å². The minimum Gasteiger partial charge on any atom is -0.494 e. The van der Waals surface area contributed by atoms with Gasteiger partial charge in [-0.3, -0.25) is 0 Å². The summed E-state index contributed by atoms with van der Waals surface area (Å²) in [5.41, 5.74) is 3.27. The number of hydrogen-bond donors (Lipinski definition) is 0. The van der Waals surface area contributed by atoms with Crippen molar-refractivity contribution < 1.29 is 4.74 Å². The number of benzene rings is 1. The molecule has 0 saturated heterocycles. The number of aryl methyl sites for hydroxylation is 1. The first-order valence-electron chi connectivity index (χ1n) is 6.88. The van der Waals surface area contributed by atoms with Crippen LogP contribution in [-0.2, 0) is 0 Å². The van der Waals surface area contributed by atoms with Gasteiger partial charge in [0.1, 0.15) is 11.3 Å². The summed E-state index contributed by atoms with van der Waals surface area (Å²) >= 11 is 0. The van der Waals surface area contributed by atoms with Crippen LogP contribution in [0.15, 0.2) is 24.3 Å². The number of rotatable bonds is 3. The lowest BCUT2D eigenvalue weighted by Crippen LogP contribution is -2.37. The summed E-state index contributed by atoms with van der Waals surface area (Å²) in [4.78, 5) is 7.04. The van der Waals surface area contributed by atoms with Crippen molar-refractivity contribution in [2.75, 3.05) is 19.1 Å². The zero-order valence-corrected chi connectivity index (χ0v) is 11.8. The topological polar surface area (TPSA) is 25.4 Å². The molecule has 3 nitrogen and oxygen atoms in total. The van der Waals surface area contributed by atoms with Crippen molar-refractivity contribution in [3.8, 4) is 5.75 Å². The third-order valence-electron chi connectivity index (χ3n) is 4.13. The molecule has 1 aromatic carbocycles. The van der Waals surface area contributed by atoms with Gasteiger partial charge in [-0.1, -0.05) is 12.1 Å². The molecule has 0 atom stereocenters. The fraction of sp³-hybridized carbons (Fsp3) is 0.438. The van der Waals surface area contributed by atoms with Crippen molar-refractivity contribution in [2.24, 2.45) is 0 Å². The maximum atomic E-state index is 5.44. The zero-order chi connectivity index (χ0) is 13.4. The minimum atomic E-state index is 0.677. The van der Waals surface area contributed by atoms with Crippen molar-refractivity contribution in [3.05, 3.63) is 30.0 Å². The van der Waals surface area contributed by atoms with Crippen LogP contribution >= 0.6 is 0 Å². The molecule has 3 heteroatoms. The summed E-state index contributed by atoms with van der Waals surface area (Å²) in [6.07, 6.45) is 3.94. The van der Waals surface area contributed by atoms with Crippen LogP contribution in [0.25, 0.3) is 10.9 Å². The lowest BCUT2D eigenvalue weighted by Gasteiger charge is -2.37. The Hall–Kier alpha value is -1.77. The van der Waals surface area contributed by atoms with Crippen molar-refractivity contribution in [2.45, 2.75) is 32.2 Å². The number of anilines is 1. The van der Waals surface area contributed by atoms with Gasteiger partial charge in [0.15, 0.2) is 0 Å². The SMILES string of the molecule is COc1cccc2c(N(C)C3CCC3)cc(C)nc12. The average molecular weight is 256 g/mol. The molecule has 0 amide bonds. The van der Waals surface area contributed by atoms with Crippen LogP contribution in [0.5, 0.6) is 5.75 Å². The minimum absolute atomic E-state index is 0.677. The summed E-state index contributed by atoms with van der Waals surface area (Å²) in [5.74, 6) is 0.851. The lowest BCUT2D eigenvalue weighted by molar-refractivity contribution is 0.401. The van der Waals surface area contributed by atoms with Gasteiger partial charge in [0.2, 0.25) is 0 Å². The summed E-state index contributed by atoms with van der Waals surface area (Å²) < 4.78 is 5.44. The van der Waals surface area contributed by atoms with Crippen LogP contribution in [0.2, 0.25) is 0 Å². The van der Waals surface area contributed by atoms with Crippen molar-refractivity contribution >= 4 is 16.6 Å². The number of ether oxygens (including phenoxy) is 1. The molecule has 19 heavy (non-hydrogen) atoms. The van der Waals surface area contributed by atoms with E-state index in [1.54, 1.807) is 7.11 Å². The van der Waals surface area contributed by atoms with Gasteiger partial charge >= 0.3 is 0 Å². The molecule has 0 spiro atoms. The molecule has 1 aromatic heterocycles. The van der Waals surface area contributed by atoms with Crippen molar-refractivity contribution in [3.63, 3.8) is 0 Å². The number of nitrogens with zero attached hydrogens (tertiary/aromatic N) is 2. The van der Waals surface area contributed by atoms with Gasteiger partial charge in [0, 0.05) is 29.9 Å². The molecule has 1 fully saturated rings. The molecule has 2 aromatic rings. The smallest absolute Gasteiger partial charge is 0.145 e. The van der Waals surface area contributed by atoms with Gasteiger partial charge in [-0.05, 0) is 38.3 Å². The van der Waals surface area contributed by atoms with Crippen LogP contribution < -0.4 is 9.64 Å². The summed E-state index contributed by atoms with van der Waals surface area (Å²) in [6, 6.07) is 9.00. The highest BCUT2D eigenvalue weighted by molar-refractivity contribution is 5.95. The van der Waals surface area contributed by atoms with Gasteiger partial charge in [-0.2, -0.15) is 0 Å². The molecular formula is C16H20N2O. The van der Waals surface area contributed by atoms with E-state index in [4.69, 9.17) is 4.74 Å². The predicted octanol–water partition coefficient (Wildman–Crippen LogP) is 3.54. The van der Waals surface area contributed by atoms with Gasteiger partial charge in [-0.15, -0.1) is 0 Å². The fourth-order valence-corrected chi connectivity index (χ4v) is 2.76. The second-order valence-electron chi connectivity index (χ2n) is 5.33. The van der Waals surface area contributed by atoms with Crippen molar-refractivity contribution in [1.82, 2.24) is 4.98 Å². The summed E-state index contributed by atoms with van der Waals surface area (Å²) in [6.45, 7) is 2.05. The highest BCUT2D eigenvalue weighted by Gasteiger charge is 2.24. The molecule has 0 radical (unpaired) electrons. The van der Waals surface area contributed by atoms with E-state index >= 15 is 0 Å². The standard InChI is InChI=1S/C16H20N2O/c1-11-10-14(18(2)12-6-4-7-12)13-8-5-9-15(19-3)16(13)17-11/h5,8-10,12H,4,6-7H2,1-3H3. The second-order valence-corrected chi connectivity index (χ2v) is 5.33. The van der Waals surface area contributed by atoms with E-state index < -0.39 is 0 Å². The second kappa shape index (κ2) is 4.72. The summed E-state index contributed by atoms with van der Waals surface area (Å²) in [5, 5.41) is 1.18. The van der Waals surface area contributed by atoms with Gasteiger partial charge in [0.25, 0.3) is 0 Å². The first-order chi connectivity index (χ1) is 9.20. The number of aromatic nitrogens is 1. The maximum absolute atomic E-state index is 5.44. The number of fused-ring (bicyclic) bond motifs is 1. The third-order valence-corrected chi connectivity index (χ3v) is 4.13. The Kier molecular flexibility index (Phi) is 3.05. The van der Waals surface area contributed by atoms with Crippen LogP contribution in [-0.4, -0.2) is 25.2 Å². The molecule has 0 aliphatic heterocycles. The highest BCUT2D eigenvalue weighted by atomic mass is 16.5. The Balaban J connectivity index is 2.17. The Labute approximate surface area is 114 Å². The Morgan fingerprint density at radius 1 is 1.32 bits per heavy atom. The predicted molar refractivity (Wildman–Crippen MR) is 79.1 cm³/mol. The fourth-order valence-electron chi connectivity index (χ4n) is 2.76. The molecule has 1 saturated carbocycles. The maximum Gasteiger partial charge on any atom is 0.145 e. The first-order valence-corrected chi connectivity index (χ1v) is 6.88. The number of methoxy groups -OCH3 is 1. The normalized spacial score (nSPS) is 15.3. The van der Waals surface area contributed by atoms with E-state index in [9.17, 15) is 0 Å². The van der Waals surface area contributed by atoms with E-state index in [0.29, 0.717) is 6.04 Å². The first kappa shape index (κ1) is 12.3. The Morgan fingerprint density at radius 3 is 2.74 bits per heavy atom. The third kappa shape index (κ3) is 2.03. The molecule has 0 bridgehead atoms. The monoisotopic (exact) mass is 256 g/mol. The molecule has 1 aliphatic rings. The molecule has 0 N–H and O–H groups in total. The van der Waals surface area contributed by atoms with Gasteiger partial charge in [0.05, 0.1) is 7.11 Å². The van der Waals surface area contributed by atoms with E-state index in [1.165, 1.54) is 30.3 Å². The van der Waals surface area contributed by atoms with Gasteiger partial charge < -0.3 is 9.64 Å². The zero-order valence-electron chi connectivity index (χ0n) is 11.8. The largest absolute Gasteiger partial charge is 0.494 e. The average Bonchev–Trinajstić information content (AvgIpc) is 2.35. The van der Waals surface area contributed by atoms with Crippen molar-refractivity contribution in [1.29, 1.82) is 0 Å². The molecule has 100 valence electrons. The van der Waals surface area contributed by atoms with E-state index in [-0.39, 0.29) is 0 Å². The Morgan fingerprint density at radius 2 is 2.11 bits per heavy atom. The van der Waals surface area contributed by atoms with Gasteiger partial charge in [-0.25, -0.2) is 4.98 Å². The van der Waals surface area contributed by atoms with Crippen LogP contribution in [0.3, 0.4) is 0 Å². The number of hydrogen-bond acceptors (Lipinski definition) is 3. The summed E-state index contributed by atoms with van der Waals surface area (Å²) in [7, 11) is 3.89. The van der Waals surface area contributed by atoms with E-state index in [2.05, 4.69) is 29.1 Å².